The van der Waals surface area contributed by atoms with E-state index in [1.807, 2.05) is 0 Å². The van der Waals surface area contributed by atoms with E-state index in [0.29, 0.717) is 26.1 Å². The van der Waals surface area contributed by atoms with Crippen LogP contribution in [-0.2, 0) is 14.3 Å². The molecule has 1 aliphatic heterocycles. The summed E-state index contributed by atoms with van der Waals surface area (Å²) in [4.78, 5) is 35.7. The van der Waals surface area contributed by atoms with Gasteiger partial charge < -0.3 is 15.2 Å². The number of hydrogen-bond donors (Lipinski definition) is 3. The molecule has 0 aromatic heterocycles. The van der Waals surface area contributed by atoms with Gasteiger partial charge in [-0.15, -0.1) is 0 Å². The van der Waals surface area contributed by atoms with E-state index in [-0.39, 0.29) is 12.6 Å². The zero-order valence-corrected chi connectivity index (χ0v) is 11.7. The number of ether oxygens (including phenoxy) is 1. The third kappa shape index (κ3) is 4.78. The van der Waals surface area contributed by atoms with Crippen molar-refractivity contribution in [1.82, 2.24) is 15.5 Å². The predicted molar refractivity (Wildman–Crippen MR) is 70.2 cm³/mol. The number of imide groups is 1. The Hall–Kier alpha value is -1.67. The van der Waals surface area contributed by atoms with E-state index < -0.39 is 23.8 Å². The molecule has 1 saturated heterocycles. The van der Waals surface area contributed by atoms with Crippen molar-refractivity contribution >= 4 is 17.9 Å². The molecule has 0 aromatic rings. The van der Waals surface area contributed by atoms with Crippen LogP contribution >= 0.6 is 0 Å². The minimum atomic E-state index is -0.849. The summed E-state index contributed by atoms with van der Waals surface area (Å²) < 4.78 is 4.76. The molecule has 1 heterocycles. The van der Waals surface area contributed by atoms with E-state index >= 15 is 0 Å². The van der Waals surface area contributed by atoms with Crippen LogP contribution in [-0.4, -0.2) is 67.3 Å². The summed E-state index contributed by atoms with van der Waals surface area (Å²) in [5.74, 6) is -1.76. The molecular weight excluding hydrogens is 266 g/mol. The lowest BCUT2D eigenvalue weighted by molar-refractivity contribution is -0.142. The number of carboxylic acid groups (broad SMARTS) is 1. The smallest absolute Gasteiger partial charge is 0.321 e. The number of hydrogen-bond acceptors (Lipinski definition) is 5. The van der Waals surface area contributed by atoms with Gasteiger partial charge in [-0.2, -0.15) is 0 Å². The van der Waals surface area contributed by atoms with Crippen LogP contribution < -0.4 is 10.6 Å². The first-order valence-electron chi connectivity index (χ1n) is 6.49. The van der Waals surface area contributed by atoms with Gasteiger partial charge in [-0.1, -0.05) is 0 Å². The Morgan fingerprint density at radius 2 is 2.10 bits per heavy atom. The van der Waals surface area contributed by atoms with E-state index in [1.54, 1.807) is 11.8 Å². The lowest BCUT2D eigenvalue weighted by Crippen LogP contribution is -2.46. The normalized spacial score (nSPS) is 22.5. The fraction of sp³-hybridized carbons (Fsp3) is 0.750. The maximum Gasteiger partial charge on any atom is 0.321 e. The van der Waals surface area contributed by atoms with Crippen molar-refractivity contribution in [3.05, 3.63) is 0 Å². The van der Waals surface area contributed by atoms with Gasteiger partial charge in [-0.3, -0.25) is 19.8 Å². The topological polar surface area (TPSA) is 108 Å². The van der Waals surface area contributed by atoms with E-state index in [1.165, 1.54) is 7.11 Å². The van der Waals surface area contributed by atoms with Crippen LogP contribution in [0.4, 0.5) is 4.79 Å². The summed E-state index contributed by atoms with van der Waals surface area (Å²) in [6.07, 6.45) is 0.518. The second kappa shape index (κ2) is 7.81. The predicted octanol–water partition coefficient (Wildman–Crippen LogP) is -0.746. The highest BCUT2D eigenvalue weighted by atomic mass is 16.5. The fourth-order valence-electron chi connectivity index (χ4n) is 2.22. The Morgan fingerprint density at radius 3 is 2.65 bits per heavy atom. The average molecular weight is 287 g/mol. The maximum atomic E-state index is 11.7. The van der Waals surface area contributed by atoms with E-state index in [0.717, 1.165) is 0 Å². The van der Waals surface area contributed by atoms with E-state index in [9.17, 15) is 14.4 Å². The third-order valence-corrected chi connectivity index (χ3v) is 3.39. The van der Waals surface area contributed by atoms with Gasteiger partial charge in [-0.25, -0.2) is 4.79 Å². The minimum Gasteiger partial charge on any atom is -0.481 e. The maximum absolute atomic E-state index is 11.7. The van der Waals surface area contributed by atoms with Crippen LogP contribution in [0.25, 0.3) is 0 Å². The molecule has 2 atom stereocenters. The van der Waals surface area contributed by atoms with E-state index in [2.05, 4.69) is 10.6 Å². The first-order chi connectivity index (χ1) is 9.45. The van der Waals surface area contributed by atoms with Gasteiger partial charge in [0.05, 0.1) is 19.1 Å². The molecule has 3 N–H and O–H groups in total. The van der Waals surface area contributed by atoms with Crippen LogP contribution in [0.2, 0.25) is 0 Å². The second-order valence-electron chi connectivity index (χ2n) is 4.74. The number of urea groups is 1. The summed E-state index contributed by atoms with van der Waals surface area (Å²) in [5, 5.41) is 13.7. The Bertz CT molecular complexity index is 374. The van der Waals surface area contributed by atoms with Crippen molar-refractivity contribution in [2.24, 2.45) is 5.92 Å². The zero-order valence-electron chi connectivity index (χ0n) is 11.7. The molecule has 2 unspecified atom stereocenters. The molecule has 20 heavy (non-hydrogen) atoms. The average Bonchev–Trinajstić information content (AvgIpc) is 2.71. The van der Waals surface area contributed by atoms with Gasteiger partial charge in [-0.05, 0) is 19.9 Å². The molecular formula is C12H21N3O5. The van der Waals surface area contributed by atoms with Gasteiger partial charge >= 0.3 is 12.0 Å². The monoisotopic (exact) mass is 287 g/mol. The van der Waals surface area contributed by atoms with Gasteiger partial charge in [0.2, 0.25) is 5.91 Å². The number of aliphatic carboxylic acids is 1. The molecule has 0 aromatic carbocycles. The van der Waals surface area contributed by atoms with Crippen LogP contribution in [0.1, 0.15) is 13.3 Å². The zero-order chi connectivity index (χ0) is 15.1. The number of rotatable bonds is 6. The number of carbonyl (C=O) groups excluding carboxylic acids is 2. The van der Waals surface area contributed by atoms with Crippen LogP contribution in [0.3, 0.4) is 0 Å². The Kier molecular flexibility index (Phi) is 6.40. The molecule has 1 fully saturated rings. The molecule has 0 saturated carbocycles. The summed E-state index contributed by atoms with van der Waals surface area (Å²) in [7, 11) is 1.51. The van der Waals surface area contributed by atoms with Crippen molar-refractivity contribution in [3.63, 3.8) is 0 Å². The number of methoxy groups -OCH3 is 1. The first-order valence-corrected chi connectivity index (χ1v) is 6.49. The van der Waals surface area contributed by atoms with Gasteiger partial charge in [0.25, 0.3) is 0 Å². The molecule has 114 valence electrons. The van der Waals surface area contributed by atoms with Gasteiger partial charge in [0.1, 0.15) is 0 Å². The lowest BCUT2D eigenvalue weighted by atomic mass is 10.0. The molecule has 0 bridgehead atoms. The Labute approximate surface area is 117 Å². The van der Waals surface area contributed by atoms with Crippen molar-refractivity contribution in [1.29, 1.82) is 0 Å². The number of carbonyl (C=O) groups is 3. The Balaban J connectivity index is 2.32. The van der Waals surface area contributed by atoms with Crippen molar-refractivity contribution in [3.8, 4) is 0 Å². The second-order valence-corrected chi connectivity index (χ2v) is 4.74. The number of nitrogens with zero attached hydrogens (tertiary/aromatic N) is 1. The van der Waals surface area contributed by atoms with Crippen molar-refractivity contribution in [2.75, 3.05) is 33.4 Å². The highest BCUT2D eigenvalue weighted by Gasteiger charge is 2.36. The number of nitrogens with one attached hydrogen (secondary N) is 2. The largest absolute Gasteiger partial charge is 0.481 e. The highest BCUT2D eigenvalue weighted by Crippen LogP contribution is 2.23. The molecule has 3 amide bonds. The summed E-state index contributed by atoms with van der Waals surface area (Å²) >= 11 is 0. The summed E-state index contributed by atoms with van der Waals surface area (Å²) in [6, 6.07) is -0.788. The summed E-state index contributed by atoms with van der Waals surface area (Å²) in [5.41, 5.74) is 0. The molecule has 8 heteroatoms. The van der Waals surface area contributed by atoms with Crippen molar-refractivity contribution < 1.29 is 24.2 Å². The quantitative estimate of drug-likeness (QED) is 0.555. The van der Waals surface area contributed by atoms with Crippen LogP contribution in [0.15, 0.2) is 0 Å². The number of likely N-dealkylation sites (tertiary alicyclic amines) is 1. The fourth-order valence-corrected chi connectivity index (χ4v) is 2.22. The van der Waals surface area contributed by atoms with Crippen LogP contribution in [0, 0.1) is 5.92 Å². The molecule has 1 rings (SSSR count). The van der Waals surface area contributed by atoms with Crippen LogP contribution in [0.5, 0.6) is 0 Å². The van der Waals surface area contributed by atoms with Gasteiger partial charge in [0.15, 0.2) is 0 Å². The van der Waals surface area contributed by atoms with Gasteiger partial charge in [0, 0.05) is 19.7 Å². The minimum absolute atomic E-state index is 0.0165. The SMILES string of the molecule is COCCNC(=O)NC(=O)CN1CCC(C(=O)O)C1C. The highest BCUT2D eigenvalue weighted by molar-refractivity contribution is 5.95. The number of carboxylic acids is 1. The molecule has 0 radical (unpaired) electrons. The molecule has 0 aliphatic carbocycles. The first kappa shape index (κ1) is 16.4. The molecule has 1 aliphatic rings. The summed E-state index contributed by atoms with van der Waals surface area (Å²) in [6.45, 7) is 3.01. The Morgan fingerprint density at radius 1 is 1.40 bits per heavy atom. The standard InChI is InChI=1S/C12H21N3O5/c1-8-9(11(17)18)3-5-15(8)7-10(16)14-12(19)13-4-6-20-2/h8-9H,3-7H2,1-2H3,(H,17,18)(H2,13,14,16,19). The van der Waals surface area contributed by atoms with Crippen molar-refractivity contribution in [2.45, 2.75) is 19.4 Å². The van der Waals surface area contributed by atoms with E-state index in [4.69, 9.17) is 9.84 Å². The lowest BCUT2D eigenvalue weighted by Gasteiger charge is -2.22. The third-order valence-electron chi connectivity index (χ3n) is 3.39. The number of amides is 3. The molecule has 8 nitrogen and oxygen atoms in total. The molecule has 0 spiro atoms.